The molecule has 138 valence electrons. The van der Waals surface area contributed by atoms with Crippen LogP contribution in [0.25, 0.3) is 0 Å². The molecule has 5 nitrogen and oxygen atoms in total. The van der Waals surface area contributed by atoms with Crippen LogP contribution < -0.4 is 15.4 Å². The number of hydrogen-bond donors (Lipinski definition) is 2. The molecular weight excluding hydrogens is 312 g/mol. The van der Waals surface area contributed by atoms with Gasteiger partial charge in [0, 0.05) is 38.3 Å². The molecule has 0 amide bonds. The normalized spacial score (nSPS) is 24.4. The van der Waals surface area contributed by atoms with Crippen molar-refractivity contribution in [2.24, 2.45) is 4.99 Å². The molecule has 2 fully saturated rings. The van der Waals surface area contributed by atoms with E-state index in [0.717, 1.165) is 37.3 Å². The third kappa shape index (κ3) is 4.66. The van der Waals surface area contributed by atoms with E-state index in [-0.39, 0.29) is 0 Å². The van der Waals surface area contributed by atoms with E-state index in [9.17, 15) is 0 Å². The van der Waals surface area contributed by atoms with Crippen molar-refractivity contribution in [2.75, 3.05) is 27.2 Å². The molecule has 2 N–H and O–H groups in total. The molecule has 0 spiro atoms. The maximum Gasteiger partial charge on any atom is 0.191 e. The van der Waals surface area contributed by atoms with Crippen LogP contribution in [0.1, 0.15) is 37.3 Å². The number of ether oxygens (including phenoxy) is 1. The summed E-state index contributed by atoms with van der Waals surface area (Å²) in [5.74, 6) is 1.87. The topological polar surface area (TPSA) is 48.9 Å². The summed E-state index contributed by atoms with van der Waals surface area (Å²) in [5.41, 5.74) is 2.45. The second-order valence-electron chi connectivity index (χ2n) is 7.41. The van der Waals surface area contributed by atoms with Gasteiger partial charge >= 0.3 is 0 Å². The smallest absolute Gasteiger partial charge is 0.191 e. The quantitative estimate of drug-likeness (QED) is 0.614. The predicted molar refractivity (Wildman–Crippen MR) is 104 cm³/mol. The zero-order chi connectivity index (χ0) is 17.8. The van der Waals surface area contributed by atoms with Crippen molar-refractivity contribution in [1.29, 1.82) is 0 Å². The number of aliphatic imine (C=N–C) groups is 1. The van der Waals surface area contributed by atoms with Gasteiger partial charge in [-0.1, -0.05) is 12.1 Å². The van der Waals surface area contributed by atoms with Gasteiger partial charge in [-0.25, -0.2) is 0 Å². The molecule has 2 unspecified atom stereocenters. The van der Waals surface area contributed by atoms with Gasteiger partial charge in [-0.3, -0.25) is 9.89 Å². The van der Waals surface area contributed by atoms with Gasteiger partial charge in [0.1, 0.15) is 5.75 Å². The summed E-state index contributed by atoms with van der Waals surface area (Å²) in [5, 5.41) is 7.05. The lowest BCUT2D eigenvalue weighted by atomic mass is 10.1. The van der Waals surface area contributed by atoms with Crippen LogP contribution in [0.3, 0.4) is 0 Å². The predicted octanol–water partition coefficient (Wildman–Crippen LogP) is 2.34. The summed E-state index contributed by atoms with van der Waals surface area (Å²) in [6.07, 6.45) is 4.91. The highest BCUT2D eigenvalue weighted by Crippen LogP contribution is 2.33. The lowest BCUT2D eigenvalue weighted by Gasteiger charge is -2.20. The highest BCUT2D eigenvalue weighted by molar-refractivity contribution is 5.80. The summed E-state index contributed by atoms with van der Waals surface area (Å²) in [7, 11) is 3.57. The van der Waals surface area contributed by atoms with Gasteiger partial charge < -0.3 is 15.4 Å². The second kappa shape index (κ2) is 8.09. The zero-order valence-corrected chi connectivity index (χ0v) is 16.0. The molecule has 25 heavy (non-hydrogen) atoms. The first-order chi connectivity index (χ1) is 12.1. The Morgan fingerprint density at radius 3 is 2.84 bits per heavy atom. The Morgan fingerprint density at radius 2 is 2.16 bits per heavy atom. The van der Waals surface area contributed by atoms with Crippen LogP contribution >= 0.6 is 0 Å². The van der Waals surface area contributed by atoms with Gasteiger partial charge in [-0.15, -0.1) is 0 Å². The average molecular weight is 345 g/mol. The lowest BCUT2D eigenvalue weighted by molar-refractivity contribution is 0.256. The van der Waals surface area contributed by atoms with Crippen molar-refractivity contribution in [3.8, 4) is 5.75 Å². The summed E-state index contributed by atoms with van der Waals surface area (Å²) >= 11 is 0. The molecule has 1 heterocycles. The lowest BCUT2D eigenvalue weighted by Crippen LogP contribution is -2.45. The van der Waals surface area contributed by atoms with E-state index in [1.807, 2.05) is 7.05 Å². The molecule has 1 aliphatic heterocycles. The number of nitrogens with zero attached hydrogens (tertiary/aromatic N) is 2. The fraction of sp³-hybridized carbons (Fsp3) is 0.650. The van der Waals surface area contributed by atoms with Gasteiger partial charge in [0.25, 0.3) is 0 Å². The number of hydrogen-bond acceptors (Lipinski definition) is 3. The standard InChI is InChI=1S/C20H32N4O/c1-14-5-6-16(12-19(14)25-4)9-10-22-20(21-3)23-17-11-15(2)24(13-17)18-7-8-18/h5-6,12,15,17-18H,7-11,13H2,1-4H3,(H2,21,22,23). The van der Waals surface area contributed by atoms with Gasteiger partial charge in [-0.05, 0) is 56.7 Å². The molecule has 0 bridgehead atoms. The number of methoxy groups -OCH3 is 1. The van der Waals surface area contributed by atoms with Gasteiger partial charge in [-0.2, -0.15) is 0 Å². The van der Waals surface area contributed by atoms with E-state index in [2.05, 4.69) is 52.6 Å². The highest BCUT2D eigenvalue weighted by Gasteiger charge is 2.38. The summed E-state index contributed by atoms with van der Waals surface area (Å²) in [4.78, 5) is 7.05. The number of likely N-dealkylation sites (tertiary alicyclic amines) is 1. The first kappa shape index (κ1) is 18.1. The maximum absolute atomic E-state index is 5.41. The molecule has 3 rings (SSSR count). The third-order valence-electron chi connectivity index (χ3n) is 5.38. The fourth-order valence-corrected chi connectivity index (χ4v) is 3.81. The van der Waals surface area contributed by atoms with Crippen molar-refractivity contribution in [3.63, 3.8) is 0 Å². The molecule has 0 aromatic heterocycles. The molecule has 2 aliphatic rings. The molecule has 1 saturated carbocycles. The summed E-state index contributed by atoms with van der Waals surface area (Å²) in [6, 6.07) is 8.44. The molecule has 1 saturated heterocycles. The summed E-state index contributed by atoms with van der Waals surface area (Å²) in [6.45, 7) is 6.42. The molecule has 5 heteroatoms. The summed E-state index contributed by atoms with van der Waals surface area (Å²) < 4.78 is 5.41. The first-order valence-corrected chi connectivity index (χ1v) is 9.47. The van der Waals surface area contributed by atoms with E-state index in [1.165, 1.54) is 30.4 Å². The second-order valence-corrected chi connectivity index (χ2v) is 7.41. The van der Waals surface area contributed by atoms with Gasteiger partial charge in [0.05, 0.1) is 7.11 Å². The van der Waals surface area contributed by atoms with Gasteiger partial charge in [0.15, 0.2) is 5.96 Å². The minimum absolute atomic E-state index is 0.501. The molecule has 1 aromatic carbocycles. The van der Waals surface area contributed by atoms with E-state index in [0.29, 0.717) is 12.1 Å². The van der Waals surface area contributed by atoms with Crippen molar-refractivity contribution in [2.45, 2.75) is 57.7 Å². The van der Waals surface area contributed by atoms with E-state index >= 15 is 0 Å². The fourth-order valence-electron chi connectivity index (χ4n) is 3.81. The largest absolute Gasteiger partial charge is 0.496 e. The molecule has 0 radical (unpaired) electrons. The Kier molecular flexibility index (Phi) is 5.84. The number of benzene rings is 1. The van der Waals surface area contributed by atoms with E-state index in [4.69, 9.17) is 4.74 Å². The molecule has 1 aliphatic carbocycles. The molecule has 1 aromatic rings. The van der Waals surface area contributed by atoms with Crippen molar-refractivity contribution in [1.82, 2.24) is 15.5 Å². The van der Waals surface area contributed by atoms with Crippen molar-refractivity contribution in [3.05, 3.63) is 29.3 Å². The van der Waals surface area contributed by atoms with Crippen molar-refractivity contribution >= 4 is 5.96 Å². The Balaban J connectivity index is 1.45. The van der Waals surface area contributed by atoms with Gasteiger partial charge in [0.2, 0.25) is 0 Å². The van der Waals surface area contributed by atoms with Crippen LogP contribution in [0.5, 0.6) is 5.75 Å². The highest BCUT2D eigenvalue weighted by atomic mass is 16.5. The third-order valence-corrected chi connectivity index (χ3v) is 5.38. The Bertz CT molecular complexity index is 612. The van der Waals surface area contributed by atoms with Crippen LogP contribution in [0.15, 0.2) is 23.2 Å². The molecule has 2 atom stereocenters. The van der Waals surface area contributed by atoms with Crippen LogP contribution in [-0.4, -0.2) is 56.2 Å². The average Bonchev–Trinajstić information content (AvgIpc) is 3.38. The van der Waals surface area contributed by atoms with Crippen LogP contribution in [0, 0.1) is 6.92 Å². The van der Waals surface area contributed by atoms with E-state index in [1.54, 1.807) is 7.11 Å². The Labute approximate surface area is 151 Å². The Hall–Kier alpha value is -1.75. The van der Waals surface area contributed by atoms with Crippen LogP contribution in [0.4, 0.5) is 0 Å². The minimum Gasteiger partial charge on any atom is -0.496 e. The first-order valence-electron chi connectivity index (χ1n) is 9.47. The van der Waals surface area contributed by atoms with Crippen LogP contribution in [0.2, 0.25) is 0 Å². The number of aryl methyl sites for hydroxylation is 1. The number of guanidine groups is 1. The number of rotatable bonds is 6. The SMILES string of the molecule is CN=C(NCCc1ccc(C)c(OC)c1)NC1CC(C)N(C2CC2)C1. The Morgan fingerprint density at radius 1 is 1.36 bits per heavy atom. The van der Waals surface area contributed by atoms with Crippen molar-refractivity contribution < 1.29 is 4.74 Å². The molecular formula is C20H32N4O. The number of nitrogens with one attached hydrogen (secondary N) is 2. The zero-order valence-electron chi connectivity index (χ0n) is 16.0. The van der Waals surface area contributed by atoms with Crippen LogP contribution in [-0.2, 0) is 6.42 Å². The monoisotopic (exact) mass is 344 g/mol. The minimum atomic E-state index is 0.501. The van der Waals surface area contributed by atoms with E-state index < -0.39 is 0 Å². The maximum atomic E-state index is 5.41.